The summed E-state index contributed by atoms with van der Waals surface area (Å²) in [5.74, 6) is 0.183. The lowest BCUT2D eigenvalue weighted by Crippen LogP contribution is -2.73. The zero-order valence-corrected chi connectivity index (χ0v) is 15.8. The molecule has 27 heavy (non-hydrogen) atoms. The fourth-order valence-corrected chi connectivity index (χ4v) is 5.51. The van der Waals surface area contributed by atoms with Crippen LogP contribution in [0.4, 0.5) is 9.18 Å². The normalized spacial score (nSPS) is 25.2. The Balaban J connectivity index is 1.08. The molecule has 1 saturated carbocycles. The number of aromatic nitrogens is 1. The Bertz CT molecular complexity index is 812. The number of carbonyl (C=O) groups excluding carboxylic acids is 2. The van der Waals surface area contributed by atoms with Crippen LogP contribution in [0.2, 0.25) is 5.02 Å². The quantitative estimate of drug-likeness (QED) is 0.839. The summed E-state index contributed by atoms with van der Waals surface area (Å²) < 4.78 is 13.9. The van der Waals surface area contributed by atoms with Gasteiger partial charge in [0.15, 0.2) is 0 Å². The van der Waals surface area contributed by atoms with Gasteiger partial charge in [-0.25, -0.2) is 9.18 Å². The summed E-state index contributed by atoms with van der Waals surface area (Å²) in [4.78, 5) is 31.8. The smallest absolute Gasteiger partial charge is 0.320 e. The highest BCUT2D eigenvalue weighted by Gasteiger charge is 2.56. The van der Waals surface area contributed by atoms with Crippen LogP contribution in [0.15, 0.2) is 12.3 Å². The number of likely N-dealkylation sites (tertiary alicyclic amines) is 2. The molecule has 4 aliphatic rings. The highest BCUT2D eigenvalue weighted by Crippen LogP contribution is 2.53. The number of rotatable bonds is 2. The Morgan fingerprint density at radius 1 is 1.30 bits per heavy atom. The van der Waals surface area contributed by atoms with E-state index in [1.165, 1.54) is 12.3 Å². The number of hydrogen-bond acceptors (Lipinski definition) is 3. The van der Waals surface area contributed by atoms with Crippen molar-refractivity contribution in [3.8, 4) is 0 Å². The predicted molar refractivity (Wildman–Crippen MR) is 96.7 cm³/mol. The lowest BCUT2D eigenvalue weighted by molar-refractivity contribution is -0.120. The minimum absolute atomic E-state index is 0.0845. The second-order valence-corrected chi connectivity index (χ2v) is 9.32. The second kappa shape index (κ2) is 5.80. The van der Waals surface area contributed by atoms with Gasteiger partial charge in [0.2, 0.25) is 5.91 Å². The molecule has 2 spiro atoms. The Hall–Kier alpha value is -1.89. The van der Waals surface area contributed by atoms with Crippen LogP contribution >= 0.6 is 11.6 Å². The van der Waals surface area contributed by atoms with Gasteiger partial charge < -0.3 is 15.1 Å². The van der Waals surface area contributed by atoms with Gasteiger partial charge in [-0.2, -0.15) is 0 Å². The van der Waals surface area contributed by atoms with Crippen molar-refractivity contribution < 1.29 is 14.0 Å². The van der Waals surface area contributed by atoms with E-state index in [0.29, 0.717) is 42.6 Å². The molecular formula is C19H22ClFN4O2. The van der Waals surface area contributed by atoms with Gasteiger partial charge in [0.05, 0.1) is 16.3 Å². The monoisotopic (exact) mass is 392 g/mol. The van der Waals surface area contributed by atoms with Crippen LogP contribution in [-0.4, -0.2) is 58.4 Å². The highest BCUT2D eigenvalue weighted by atomic mass is 35.5. The van der Waals surface area contributed by atoms with Crippen molar-refractivity contribution in [1.82, 2.24) is 20.1 Å². The molecule has 5 rings (SSSR count). The van der Waals surface area contributed by atoms with Crippen LogP contribution in [0.1, 0.15) is 31.4 Å². The van der Waals surface area contributed by atoms with Gasteiger partial charge in [0.25, 0.3) is 0 Å². The number of nitrogens with zero attached hydrogens (tertiary/aromatic N) is 3. The molecule has 0 bridgehead atoms. The zero-order chi connectivity index (χ0) is 18.8. The summed E-state index contributed by atoms with van der Waals surface area (Å²) in [5.41, 5.74) is 0.538. The van der Waals surface area contributed by atoms with E-state index in [4.69, 9.17) is 11.6 Å². The average Bonchev–Trinajstić information content (AvgIpc) is 2.90. The fraction of sp³-hybridized carbons (Fsp3) is 0.632. The molecule has 8 heteroatoms. The van der Waals surface area contributed by atoms with E-state index in [-0.39, 0.29) is 28.7 Å². The van der Waals surface area contributed by atoms with E-state index in [9.17, 15) is 14.0 Å². The number of carbonyl (C=O) groups is 2. The van der Waals surface area contributed by atoms with E-state index in [1.54, 1.807) is 0 Å². The van der Waals surface area contributed by atoms with Gasteiger partial charge >= 0.3 is 6.03 Å². The number of amides is 3. The first-order valence-corrected chi connectivity index (χ1v) is 9.88. The van der Waals surface area contributed by atoms with Gasteiger partial charge in [-0.15, -0.1) is 0 Å². The summed E-state index contributed by atoms with van der Waals surface area (Å²) in [6.45, 7) is 2.83. The van der Waals surface area contributed by atoms with Crippen molar-refractivity contribution in [2.75, 3.05) is 26.2 Å². The minimum Gasteiger partial charge on any atom is -0.347 e. The summed E-state index contributed by atoms with van der Waals surface area (Å²) in [5, 5.41) is 3.32. The minimum atomic E-state index is -0.334. The third-order valence-electron chi connectivity index (χ3n) is 6.63. The molecule has 3 amide bonds. The van der Waals surface area contributed by atoms with Crippen molar-refractivity contribution in [2.24, 2.45) is 11.3 Å². The molecule has 3 saturated heterocycles. The Morgan fingerprint density at radius 3 is 2.63 bits per heavy atom. The molecule has 1 aromatic rings. The van der Waals surface area contributed by atoms with Crippen LogP contribution in [0, 0.1) is 17.2 Å². The van der Waals surface area contributed by atoms with Crippen LogP contribution in [0.5, 0.6) is 0 Å². The Morgan fingerprint density at radius 2 is 2.00 bits per heavy atom. The third-order valence-corrected chi connectivity index (χ3v) is 6.83. The van der Waals surface area contributed by atoms with Gasteiger partial charge in [0, 0.05) is 44.2 Å². The first-order chi connectivity index (χ1) is 12.9. The van der Waals surface area contributed by atoms with Crippen LogP contribution in [-0.2, 0) is 11.2 Å². The molecule has 6 nitrogen and oxygen atoms in total. The number of hydrogen-bond donors (Lipinski definition) is 1. The maximum absolute atomic E-state index is 13.9. The predicted octanol–water partition coefficient (Wildman–Crippen LogP) is 2.21. The molecule has 0 aromatic carbocycles. The molecule has 0 radical (unpaired) electrons. The standard InChI is InChI=1S/C19H22ClFN4O2/c20-13-4-14(21)15(22-7-13)3-12-5-18(6-12)8-24(9-18)17(27)25-10-19(11-25)2-1-16(26)23-19/h4,7,12H,1-3,5-6,8-11H2,(H,23,26). The summed E-state index contributed by atoms with van der Waals surface area (Å²) in [6.07, 6.45) is 5.55. The van der Waals surface area contributed by atoms with Crippen molar-refractivity contribution in [1.29, 1.82) is 0 Å². The number of pyridine rings is 1. The molecule has 1 aliphatic carbocycles. The molecule has 4 heterocycles. The molecule has 1 N–H and O–H groups in total. The first kappa shape index (κ1) is 17.2. The summed E-state index contributed by atoms with van der Waals surface area (Å²) in [6, 6.07) is 1.40. The molecule has 0 atom stereocenters. The van der Waals surface area contributed by atoms with E-state index >= 15 is 0 Å². The number of urea groups is 1. The summed E-state index contributed by atoms with van der Waals surface area (Å²) in [7, 11) is 0. The fourth-order valence-electron chi connectivity index (χ4n) is 5.36. The zero-order valence-electron chi connectivity index (χ0n) is 15.0. The molecule has 4 fully saturated rings. The van der Waals surface area contributed by atoms with Crippen molar-refractivity contribution in [2.45, 2.75) is 37.6 Å². The van der Waals surface area contributed by atoms with E-state index < -0.39 is 0 Å². The Kier molecular flexibility index (Phi) is 3.70. The summed E-state index contributed by atoms with van der Waals surface area (Å²) >= 11 is 5.75. The second-order valence-electron chi connectivity index (χ2n) is 8.88. The molecular weight excluding hydrogens is 371 g/mol. The lowest BCUT2D eigenvalue weighted by atomic mass is 9.57. The Labute approximate surface area is 162 Å². The van der Waals surface area contributed by atoms with Gasteiger partial charge in [-0.05, 0) is 37.7 Å². The molecule has 1 aromatic heterocycles. The van der Waals surface area contributed by atoms with Gasteiger partial charge in [-0.3, -0.25) is 9.78 Å². The highest BCUT2D eigenvalue weighted by molar-refractivity contribution is 6.30. The SMILES string of the molecule is O=C1CCC2(CN(C(=O)N3CC4(CC(Cc5ncc(Cl)cc5F)C4)C3)C2)N1. The van der Waals surface area contributed by atoms with Gasteiger partial charge in [-0.1, -0.05) is 11.6 Å². The van der Waals surface area contributed by atoms with Crippen molar-refractivity contribution in [3.63, 3.8) is 0 Å². The largest absolute Gasteiger partial charge is 0.347 e. The van der Waals surface area contributed by atoms with E-state index in [2.05, 4.69) is 10.3 Å². The van der Waals surface area contributed by atoms with Crippen LogP contribution in [0.25, 0.3) is 0 Å². The molecule has 0 unspecified atom stereocenters. The van der Waals surface area contributed by atoms with Gasteiger partial charge in [0.1, 0.15) is 5.82 Å². The van der Waals surface area contributed by atoms with Crippen molar-refractivity contribution >= 4 is 23.5 Å². The topological polar surface area (TPSA) is 65.5 Å². The lowest BCUT2D eigenvalue weighted by Gasteiger charge is -2.61. The maximum Gasteiger partial charge on any atom is 0.320 e. The molecule has 144 valence electrons. The van der Waals surface area contributed by atoms with Crippen molar-refractivity contribution in [3.05, 3.63) is 28.8 Å². The van der Waals surface area contributed by atoms with E-state index in [1.807, 2.05) is 9.80 Å². The number of halogens is 2. The first-order valence-electron chi connectivity index (χ1n) is 9.50. The van der Waals surface area contributed by atoms with Crippen LogP contribution < -0.4 is 5.32 Å². The third kappa shape index (κ3) is 2.87. The number of nitrogens with one attached hydrogen (secondary N) is 1. The maximum atomic E-state index is 13.9. The average molecular weight is 393 g/mol. The molecule has 3 aliphatic heterocycles. The van der Waals surface area contributed by atoms with Crippen LogP contribution in [0.3, 0.4) is 0 Å². The van der Waals surface area contributed by atoms with E-state index in [0.717, 1.165) is 32.4 Å².